The van der Waals surface area contributed by atoms with E-state index in [-0.39, 0.29) is 19.3 Å². The molecule has 0 aliphatic rings. The molecule has 0 rings (SSSR count). The van der Waals surface area contributed by atoms with Crippen molar-refractivity contribution in [3.63, 3.8) is 0 Å². The summed E-state index contributed by atoms with van der Waals surface area (Å²) in [4.78, 5) is 10.9. The molecule has 0 aromatic carbocycles. The number of halogens is 3. The smallest absolute Gasteiger partial charge is 0.336 e. The molecule has 160 valence electrons. The van der Waals surface area contributed by atoms with Gasteiger partial charge in [0.25, 0.3) is 0 Å². The molecule has 0 aromatic heterocycles. The maximum atomic E-state index is 13.7. The lowest BCUT2D eigenvalue weighted by Crippen LogP contribution is -2.38. The highest BCUT2D eigenvalue weighted by Crippen LogP contribution is 2.28. The Hall–Kier alpha value is -1.04. The summed E-state index contributed by atoms with van der Waals surface area (Å²) in [5, 5.41) is 18.7. The minimum atomic E-state index is -2.55. The highest BCUT2D eigenvalue weighted by Gasteiger charge is 2.34. The molecule has 0 saturated carbocycles. The fraction of sp³-hybridized carbons (Fsp3) is 0.857. The molecule has 2 N–H and O–H groups in total. The van der Waals surface area contributed by atoms with E-state index in [0.717, 1.165) is 44.9 Å². The molecule has 3 nitrogen and oxygen atoms in total. The Labute approximate surface area is 162 Å². The predicted molar refractivity (Wildman–Crippen MR) is 103 cm³/mol. The third-order valence-corrected chi connectivity index (χ3v) is 4.84. The fourth-order valence-corrected chi connectivity index (χ4v) is 2.96. The van der Waals surface area contributed by atoms with Gasteiger partial charge in [-0.15, -0.1) is 0 Å². The molecule has 0 heterocycles. The highest BCUT2D eigenvalue weighted by molar-refractivity contribution is 5.77. The third kappa shape index (κ3) is 13.7. The van der Waals surface area contributed by atoms with Crippen LogP contribution >= 0.6 is 0 Å². The topological polar surface area (TPSA) is 57.5 Å². The minimum absolute atomic E-state index is 0.00911. The average Bonchev–Trinajstić information content (AvgIpc) is 2.60. The summed E-state index contributed by atoms with van der Waals surface area (Å²) in [6.07, 6.45) is 11.1. The summed E-state index contributed by atoms with van der Waals surface area (Å²) in [6.45, 7) is 1.22. The summed E-state index contributed by atoms with van der Waals surface area (Å²) >= 11 is 0. The quantitative estimate of drug-likeness (QED) is 0.208. The van der Waals surface area contributed by atoms with Crippen LogP contribution in [0.1, 0.15) is 96.8 Å². The third-order valence-electron chi connectivity index (χ3n) is 4.84. The molecule has 0 amide bonds. The Bertz CT molecular complexity index is 413. The van der Waals surface area contributed by atoms with E-state index in [4.69, 9.17) is 5.11 Å². The van der Waals surface area contributed by atoms with Crippen LogP contribution in [0.3, 0.4) is 0 Å². The van der Waals surface area contributed by atoms with E-state index in [2.05, 4.69) is 6.92 Å². The van der Waals surface area contributed by atoms with Gasteiger partial charge in [-0.1, -0.05) is 57.6 Å². The number of carbonyl (C=O) groups is 1. The first-order valence-electron chi connectivity index (χ1n) is 10.3. The van der Waals surface area contributed by atoms with Crippen molar-refractivity contribution in [2.75, 3.05) is 6.67 Å². The molecule has 0 aliphatic heterocycles. The molecule has 0 radical (unpaired) electrons. The lowest BCUT2D eigenvalue weighted by atomic mass is 9.96. The molecule has 0 unspecified atom stereocenters. The number of alkyl halides is 3. The molecular formula is C21H37F3O3. The molecule has 0 saturated heterocycles. The molecule has 0 bridgehead atoms. The van der Waals surface area contributed by atoms with Gasteiger partial charge in [-0.05, 0) is 25.7 Å². The Kier molecular flexibility index (Phi) is 14.4. The van der Waals surface area contributed by atoms with E-state index in [1.807, 2.05) is 0 Å². The van der Waals surface area contributed by atoms with Gasteiger partial charge in [0.05, 0.1) is 6.67 Å². The first-order chi connectivity index (χ1) is 12.8. The van der Waals surface area contributed by atoms with E-state index in [9.17, 15) is 23.1 Å². The van der Waals surface area contributed by atoms with Crippen molar-refractivity contribution in [1.29, 1.82) is 0 Å². The van der Waals surface area contributed by atoms with Crippen molar-refractivity contribution in [2.24, 2.45) is 0 Å². The number of carboxylic acids is 1. The Morgan fingerprint density at radius 1 is 0.889 bits per heavy atom. The summed E-state index contributed by atoms with van der Waals surface area (Å²) in [5.74, 6) is -3.97. The van der Waals surface area contributed by atoms with Crippen LogP contribution in [0.15, 0.2) is 12.2 Å². The largest absolute Gasteiger partial charge is 0.479 e. The lowest BCUT2D eigenvalue weighted by Gasteiger charge is -2.19. The summed E-state index contributed by atoms with van der Waals surface area (Å²) in [5.41, 5.74) is -2.05. The van der Waals surface area contributed by atoms with Gasteiger partial charge in [0.2, 0.25) is 5.92 Å². The second-order valence-electron chi connectivity index (χ2n) is 7.42. The van der Waals surface area contributed by atoms with E-state index in [0.29, 0.717) is 19.3 Å². The molecule has 1 atom stereocenters. The van der Waals surface area contributed by atoms with Crippen LogP contribution in [0.5, 0.6) is 0 Å². The van der Waals surface area contributed by atoms with E-state index >= 15 is 0 Å². The Morgan fingerprint density at radius 3 is 1.96 bits per heavy atom. The van der Waals surface area contributed by atoms with E-state index in [1.54, 1.807) is 12.2 Å². The zero-order valence-electron chi connectivity index (χ0n) is 16.7. The van der Waals surface area contributed by atoms with Crippen molar-refractivity contribution in [2.45, 2.75) is 108 Å². The van der Waals surface area contributed by atoms with Crippen LogP contribution in [0.4, 0.5) is 13.2 Å². The van der Waals surface area contributed by atoms with Crippen LogP contribution in [-0.2, 0) is 4.79 Å². The number of hydrogen-bond acceptors (Lipinski definition) is 2. The second kappa shape index (κ2) is 14.9. The van der Waals surface area contributed by atoms with Gasteiger partial charge in [-0.2, -0.15) is 0 Å². The normalized spacial score (nSPS) is 14.6. The molecule has 0 fully saturated rings. The minimum Gasteiger partial charge on any atom is -0.479 e. The van der Waals surface area contributed by atoms with Crippen molar-refractivity contribution < 1.29 is 28.2 Å². The van der Waals surface area contributed by atoms with Crippen molar-refractivity contribution >= 4 is 5.97 Å². The maximum Gasteiger partial charge on any atom is 0.336 e. The van der Waals surface area contributed by atoms with Crippen LogP contribution < -0.4 is 0 Å². The van der Waals surface area contributed by atoms with Crippen molar-refractivity contribution in [3.8, 4) is 0 Å². The zero-order valence-corrected chi connectivity index (χ0v) is 16.7. The Balaban J connectivity index is 3.74. The van der Waals surface area contributed by atoms with Crippen molar-refractivity contribution in [1.82, 2.24) is 0 Å². The standard InChI is InChI=1S/C21H37F3O3/c1-2-3-4-8-12-15-21(23,24)16-13-10-7-5-6-9-11-14-20(27,17-18-22)19(25)26/h9,11,27H,2-8,10,12-18H2,1H3,(H,25,26)/b11-9+/t20-/m1/s1. The number of unbranched alkanes of at least 4 members (excludes halogenated alkanes) is 8. The monoisotopic (exact) mass is 394 g/mol. The summed E-state index contributed by atoms with van der Waals surface area (Å²) in [7, 11) is 0. The molecule has 0 aromatic rings. The van der Waals surface area contributed by atoms with Crippen LogP contribution in [0, 0.1) is 0 Å². The van der Waals surface area contributed by atoms with Gasteiger partial charge in [0, 0.05) is 25.7 Å². The second-order valence-corrected chi connectivity index (χ2v) is 7.42. The van der Waals surface area contributed by atoms with Crippen LogP contribution in [0.2, 0.25) is 0 Å². The number of aliphatic hydroxyl groups is 1. The SMILES string of the molecule is CCCCCCCC(F)(F)CCCCCC/C=C/C[C@@](O)(CCF)C(=O)O. The number of allylic oxidation sites excluding steroid dienone is 1. The molecular weight excluding hydrogens is 357 g/mol. The zero-order chi connectivity index (χ0) is 20.6. The first-order valence-corrected chi connectivity index (χ1v) is 10.3. The molecule has 27 heavy (non-hydrogen) atoms. The number of aliphatic carboxylic acids is 1. The van der Waals surface area contributed by atoms with Gasteiger partial charge >= 0.3 is 5.97 Å². The number of rotatable bonds is 18. The first kappa shape index (κ1) is 26.0. The molecule has 6 heteroatoms. The van der Waals surface area contributed by atoms with Gasteiger partial charge in [-0.25, -0.2) is 13.6 Å². The predicted octanol–water partition coefficient (Wildman–Crippen LogP) is 6.44. The van der Waals surface area contributed by atoms with E-state index in [1.165, 1.54) is 0 Å². The van der Waals surface area contributed by atoms with Gasteiger partial charge in [-0.3, -0.25) is 4.39 Å². The molecule has 0 aliphatic carbocycles. The summed E-state index contributed by atoms with van der Waals surface area (Å²) < 4.78 is 39.8. The molecule has 0 spiro atoms. The van der Waals surface area contributed by atoms with Crippen molar-refractivity contribution in [3.05, 3.63) is 12.2 Å². The fourth-order valence-electron chi connectivity index (χ4n) is 2.96. The van der Waals surface area contributed by atoms with E-state index < -0.39 is 30.6 Å². The average molecular weight is 395 g/mol. The van der Waals surface area contributed by atoms with Gasteiger partial charge < -0.3 is 10.2 Å². The van der Waals surface area contributed by atoms with Crippen LogP contribution in [-0.4, -0.2) is 34.4 Å². The lowest BCUT2D eigenvalue weighted by molar-refractivity contribution is -0.159. The highest BCUT2D eigenvalue weighted by atomic mass is 19.3. The number of carboxylic acid groups (broad SMARTS) is 1. The Morgan fingerprint density at radius 2 is 1.44 bits per heavy atom. The maximum absolute atomic E-state index is 13.7. The summed E-state index contributed by atoms with van der Waals surface area (Å²) in [6, 6.07) is 0. The van der Waals surface area contributed by atoms with Gasteiger partial charge in [0.15, 0.2) is 5.60 Å². The van der Waals surface area contributed by atoms with Crippen LogP contribution in [0.25, 0.3) is 0 Å². The number of hydrogen-bond donors (Lipinski definition) is 2. The van der Waals surface area contributed by atoms with Gasteiger partial charge in [0.1, 0.15) is 0 Å².